The number of ether oxygens (including phenoxy) is 1. The maximum absolute atomic E-state index is 13.5. The molecule has 2 atom stereocenters. The number of carbonyl (C=O) groups is 2. The maximum Gasteiger partial charge on any atom is 0.265 e. The molecule has 9 heteroatoms. The molecule has 4 rings (SSSR count). The fourth-order valence-electron chi connectivity index (χ4n) is 5.06. The minimum atomic E-state index is -3.80. The largest absolute Gasteiger partial charge is 0.479 e. The zero-order valence-corrected chi connectivity index (χ0v) is 19.9. The van der Waals surface area contributed by atoms with Crippen LogP contribution in [0.2, 0.25) is 0 Å². The lowest BCUT2D eigenvalue weighted by Gasteiger charge is -2.37. The summed E-state index contributed by atoms with van der Waals surface area (Å²) in [5, 5.41) is 2.75. The van der Waals surface area contributed by atoms with Gasteiger partial charge in [0, 0.05) is 32.2 Å². The van der Waals surface area contributed by atoms with Crippen LogP contribution in [0, 0.1) is 12.8 Å². The summed E-state index contributed by atoms with van der Waals surface area (Å²) in [6.45, 7) is 3.92. The van der Waals surface area contributed by atoms with Gasteiger partial charge in [-0.3, -0.25) is 9.59 Å². The molecule has 1 saturated carbocycles. The van der Waals surface area contributed by atoms with Crippen LogP contribution in [0.3, 0.4) is 0 Å². The number of nitrogens with zero attached hydrogens (tertiary/aromatic N) is 2. The minimum Gasteiger partial charge on any atom is -0.479 e. The number of anilines is 1. The van der Waals surface area contributed by atoms with Gasteiger partial charge in [-0.25, -0.2) is 8.42 Å². The Balaban J connectivity index is 1.53. The van der Waals surface area contributed by atoms with E-state index in [1.165, 1.54) is 16.8 Å². The Bertz CT molecular complexity index is 1000. The van der Waals surface area contributed by atoms with E-state index in [4.69, 9.17) is 4.74 Å². The highest BCUT2D eigenvalue weighted by atomic mass is 32.2. The Labute approximate surface area is 190 Å². The zero-order chi connectivity index (χ0) is 23.0. The Morgan fingerprint density at radius 1 is 1.16 bits per heavy atom. The molecule has 2 amide bonds. The molecule has 0 aromatic heterocycles. The van der Waals surface area contributed by atoms with Crippen molar-refractivity contribution < 1.29 is 22.7 Å². The van der Waals surface area contributed by atoms with Gasteiger partial charge in [0.1, 0.15) is 5.75 Å². The number of rotatable bonds is 4. The third-order valence-electron chi connectivity index (χ3n) is 7.03. The number of sulfonamides is 1. The summed E-state index contributed by atoms with van der Waals surface area (Å²) >= 11 is 0. The molecule has 1 aromatic rings. The quantitative estimate of drug-likeness (QED) is 0.741. The standard InChI is InChI=1S/C23H33N3O5S/c1-15-12-19-20(31-16(2)22(27)24-19)13-21(15)32(29,30)26-11-7-8-17(14-26)23(28)25(3)18-9-5-4-6-10-18/h12-13,16-18H,4-11,14H2,1-3H3,(H,24,27)/t16-,17-/m0/s1. The predicted octanol–water partition coefficient (Wildman–Crippen LogP) is 2.91. The molecule has 2 aliphatic heterocycles. The lowest BCUT2D eigenvalue weighted by atomic mass is 9.92. The number of carbonyl (C=O) groups excluding carboxylic acids is 2. The second-order valence-electron chi connectivity index (χ2n) is 9.31. The van der Waals surface area contributed by atoms with Crippen LogP contribution in [0.25, 0.3) is 0 Å². The van der Waals surface area contributed by atoms with Crippen molar-refractivity contribution in [3.05, 3.63) is 17.7 Å². The first-order valence-corrected chi connectivity index (χ1v) is 13.0. The van der Waals surface area contributed by atoms with Crippen LogP contribution in [0.4, 0.5) is 5.69 Å². The van der Waals surface area contributed by atoms with Gasteiger partial charge < -0.3 is 15.0 Å². The number of hydrogen-bond donors (Lipinski definition) is 1. The second-order valence-corrected chi connectivity index (χ2v) is 11.2. The maximum atomic E-state index is 13.5. The minimum absolute atomic E-state index is 0.0545. The van der Waals surface area contributed by atoms with Gasteiger partial charge >= 0.3 is 0 Å². The molecular weight excluding hydrogens is 430 g/mol. The predicted molar refractivity (Wildman–Crippen MR) is 121 cm³/mol. The van der Waals surface area contributed by atoms with Gasteiger partial charge in [0.15, 0.2) is 6.10 Å². The highest BCUT2D eigenvalue weighted by Gasteiger charge is 2.37. The van der Waals surface area contributed by atoms with Crippen LogP contribution >= 0.6 is 0 Å². The van der Waals surface area contributed by atoms with E-state index < -0.39 is 16.1 Å². The van der Waals surface area contributed by atoms with Gasteiger partial charge in [0.2, 0.25) is 15.9 Å². The monoisotopic (exact) mass is 463 g/mol. The molecule has 0 radical (unpaired) electrons. The molecule has 2 fully saturated rings. The first-order chi connectivity index (χ1) is 15.2. The first-order valence-electron chi connectivity index (χ1n) is 11.6. The van der Waals surface area contributed by atoms with E-state index in [-0.39, 0.29) is 35.2 Å². The van der Waals surface area contributed by atoms with Crippen LogP contribution < -0.4 is 10.1 Å². The van der Waals surface area contributed by atoms with E-state index in [1.807, 2.05) is 11.9 Å². The summed E-state index contributed by atoms with van der Waals surface area (Å²) in [6, 6.07) is 3.39. The third-order valence-corrected chi connectivity index (χ3v) is 9.04. The fraction of sp³-hybridized carbons (Fsp3) is 0.652. The number of hydrogen-bond acceptors (Lipinski definition) is 5. The van der Waals surface area contributed by atoms with Gasteiger partial charge in [-0.2, -0.15) is 4.31 Å². The van der Waals surface area contributed by atoms with E-state index in [0.717, 1.165) is 25.7 Å². The molecule has 1 aliphatic carbocycles. The Morgan fingerprint density at radius 3 is 2.59 bits per heavy atom. The number of piperidine rings is 1. The van der Waals surface area contributed by atoms with E-state index in [9.17, 15) is 18.0 Å². The van der Waals surface area contributed by atoms with Crippen molar-refractivity contribution in [1.82, 2.24) is 9.21 Å². The van der Waals surface area contributed by atoms with Gasteiger partial charge in [0.05, 0.1) is 16.5 Å². The van der Waals surface area contributed by atoms with Crippen LogP contribution in [-0.4, -0.2) is 61.7 Å². The van der Waals surface area contributed by atoms with Crippen molar-refractivity contribution in [3.8, 4) is 5.75 Å². The smallest absolute Gasteiger partial charge is 0.265 e. The average Bonchev–Trinajstić information content (AvgIpc) is 2.79. The molecule has 1 aromatic carbocycles. The Kier molecular flexibility index (Phi) is 6.49. The lowest BCUT2D eigenvalue weighted by molar-refractivity contribution is -0.138. The van der Waals surface area contributed by atoms with Crippen molar-refractivity contribution in [2.24, 2.45) is 5.92 Å². The summed E-state index contributed by atoms with van der Waals surface area (Å²) in [7, 11) is -1.94. The van der Waals surface area contributed by atoms with E-state index in [2.05, 4.69) is 5.32 Å². The molecule has 176 valence electrons. The molecule has 3 aliphatic rings. The Hall–Kier alpha value is -2.13. The van der Waals surface area contributed by atoms with E-state index in [1.54, 1.807) is 19.9 Å². The van der Waals surface area contributed by atoms with E-state index >= 15 is 0 Å². The normalized spacial score (nSPS) is 24.9. The summed E-state index contributed by atoms with van der Waals surface area (Å²) < 4.78 is 34.1. The van der Waals surface area contributed by atoms with Crippen LogP contribution in [0.15, 0.2) is 17.0 Å². The van der Waals surface area contributed by atoms with Crippen molar-refractivity contribution >= 4 is 27.5 Å². The summed E-state index contributed by atoms with van der Waals surface area (Å²) in [5.41, 5.74) is 1.01. The van der Waals surface area contributed by atoms with Gasteiger partial charge in [-0.1, -0.05) is 19.3 Å². The van der Waals surface area contributed by atoms with Gasteiger partial charge in [-0.05, 0) is 51.2 Å². The molecule has 1 saturated heterocycles. The van der Waals surface area contributed by atoms with Crippen molar-refractivity contribution in [3.63, 3.8) is 0 Å². The molecule has 0 bridgehead atoms. The van der Waals surface area contributed by atoms with Gasteiger partial charge in [0.25, 0.3) is 5.91 Å². The summed E-state index contributed by atoms with van der Waals surface area (Å²) in [5.74, 6) is -0.173. The molecule has 0 unspecified atom stereocenters. The molecule has 1 N–H and O–H groups in total. The first kappa shape index (κ1) is 23.0. The summed E-state index contributed by atoms with van der Waals surface area (Å²) in [6.07, 6.45) is 6.24. The van der Waals surface area contributed by atoms with E-state index in [0.29, 0.717) is 36.4 Å². The molecular formula is C23H33N3O5S. The highest BCUT2D eigenvalue weighted by Crippen LogP contribution is 2.36. The van der Waals surface area contributed by atoms with Gasteiger partial charge in [-0.15, -0.1) is 0 Å². The molecule has 0 spiro atoms. The number of nitrogens with one attached hydrogen (secondary N) is 1. The van der Waals surface area contributed by atoms with Crippen molar-refractivity contribution in [2.45, 2.75) is 75.8 Å². The zero-order valence-electron chi connectivity index (χ0n) is 19.1. The number of aryl methyl sites for hydroxylation is 1. The third kappa shape index (κ3) is 4.37. The fourth-order valence-corrected chi connectivity index (χ4v) is 6.80. The molecule has 2 heterocycles. The summed E-state index contributed by atoms with van der Waals surface area (Å²) in [4.78, 5) is 27.1. The average molecular weight is 464 g/mol. The van der Waals surface area contributed by atoms with Crippen LogP contribution in [0.1, 0.15) is 57.4 Å². The van der Waals surface area contributed by atoms with Crippen LogP contribution in [0.5, 0.6) is 5.75 Å². The topological polar surface area (TPSA) is 96.0 Å². The van der Waals surface area contributed by atoms with Crippen molar-refractivity contribution in [2.75, 3.05) is 25.5 Å². The second kappa shape index (κ2) is 9.02. The number of amides is 2. The number of benzene rings is 1. The van der Waals surface area contributed by atoms with Crippen molar-refractivity contribution in [1.29, 1.82) is 0 Å². The molecule has 8 nitrogen and oxygen atoms in total. The van der Waals surface area contributed by atoms with Crippen LogP contribution in [-0.2, 0) is 19.6 Å². The SMILES string of the molecule is Cc1cc2c(cc1S(=O)(=O)N1CCC[C@H](C(=O)N(C)C3CCCCC3)C1)O[C@@H](C)C(=O)N2. The lowest BCUT2D eigenvalue weighted by Crippen LogP contribution is -2.48. The Morgan fingerprint density at radius 2 is 1.88 bits per heavy atom. The molecule has 32 heavy (non-hydrogen) atoms. The highest BCUT2D eigenvalue weighted by molar-refractivity contribution is 7.89. The number of fused-ring (bicyclic) bond motifs is 1.